The molecule has 0 saturated carbocycles. The van der Waals surface area contributed by atoms with E-state index in [-0.39, 0.29) is 33.3 Å². The van der Waals surface area contributed by atoms with Gasteiger partial charge in [0.05, 0.1) is 33.2 Å². The smallest absolute Gasteiger partial charge is 0.166 e. The maximum atomic E-state index is 9.81. The van der Waals surface area contributed by atoms with Gasteiger partial charge in [-0.3, -0.25) is 0 Å². The Balaban J connectivity index is 1.29. The van der Waals surface area contributed by atoms with Gasteiger partial charge in [0.2, 0.25) is 0 Å². The summed E-state index contributed by atoms with van der Waals surface area (Å²) in [6, 6.07) is 42.9. The van der Waals surface area contributed by atoms with Crippen molar-refractivity contribution in [1.82, 2.24) is 19.5 Å². The van der Waals surface area contributed by atoms with Crippen LogP contribution in [-0.4, -0.2) is 19.5 Å². The molecule has 4 nitrogen and oxygen atoms in total. The van der Waals surface area contributed by atoms with Gasteiger partial charge in [-0.1, -0.05) is 182 Å². The molecule has 2 heterocycles. The first-order chi connectivity index (χ1) is 35.2. The average Bonchev–Trinajstić information content (AvgIpc) is 3.80. The Kier molecular flexibility index (Phi) is 6.44. The first kappa shape index (κ1) is 25.3. The fourth-order valence-electron chi connectivity index (χ4n) is 7.66. The van der Waals surface area contributed by atoms with Gasteiger partial charge in [-0.2, -0.15) is 0 Å². The standard InChI is InChI=1S/C57H38N4/c1-6-18-39(19-7-1)44-30-32-53-50(37-44)49-28-16-17-29-52(49)61(53)54-33-31-45(48-35-46(40-20-8-2-9-21-40)34-47(36-48)41-22-10-3-11-23-41)38-51(54)57-59-55(42-24-12-4-13-25-42)58-56(60-57)43-26-14-5-15-27-43/h1-38H/i1D,6D,7D,16D,17D,18D,19D,28D,29D,30D,32D,37D. The van der Waals surface area contributed by atoms with Gasteiger partial charge < -0.3 is 4.57 Å². The van der Waals surface area contributed by atoms with Crippen molar-refractivity contribution in [3.63, 3.8) is 0 Å². The molecule has 286 valence electrons. The van der Waals surface area contributed by atoms with E-state index in [9.17, 15) is 6.85 Å². The summed E-state index contributed by atoms with van der Waals surface area (Å²) in [5, 5.41) is -0.356. The normalized spacial score (nSPS) is 14.0. The summed E-state index contributed by atoms with van der Waals surface area (Å²) in [6.45, 7) is 0. The second-order valence-corrected chi connectivity index (χ2v) is 14.3. The van der Waals surface area contributed by atoms with Gasteiger partial charge in [-0.15, -0.1) is 0 Å². The van der Waals surface area contributed by atoms with Gasteiger partial charge in [0, 0.05) is 27.5 Å². The van der Waals surface area contributed by atoms with Gasteiger partial charge in [0.1, 0.15) is 0 Å². The first-order valence-corrected chi connectivity index (χ1v) is 19.6. The third-order valence-corrected chi connectivity index (χ3v) is 10.6. The molecule has 0 atom stereocenters. The highest BCUT2D eigenvalue weighted by atomic mass is 15.1. The second-order valence-electron chi connectivity index (χ2n) is 14.3. The Labute approximate surface area is 371 Å². The Morgan fingerprint density at radius 3 is 1.41 bits per heavy atom. The summed E-state index contributed by atoms with van der Waals surface area (Å²) in [5.74, 6) is 0.810. The van der Waals surface area contributed by atoms with Crippen molar-refractivity contribution in [2.24, 2.45) is 0 Å². The topological polar surface area (TPSA) is 43.6 Å². The van der Waals surface area contributed by atoms with Gasteiger partial charge in [-0.05, 0) is 93.0 Å². The van der Waals surface area contributed by atoms with Crippen LogP contribution in [0.25, 0.3) is 106 Å². The molecule has 0 N–H and O–H groups in total. The number of rotatable bonds is 8. The molecule has 0 saturated heterocycles. The summed E-state index contributed by atoms with van der Waals surface area (Å²) >= 11 is 0. The molecule has 0 spiro atoms. The van der Waals surface area contributed by atoms with Crippen LogP contribution >= 0.6 is 0 Å². The Bertz CT molecular complexity index is 3900. The molecule has 0 fully saturated rings. The van der Waals surface area contributed by atoms with Crippen molar-refractivity contribution in [3.8, 4) is 84.4 Å². The molecule has 0 aliphatic carbocycles. The van der Waals surface area contributed by atoms with Crippen LogP contribution in [0.5, 0.6) is 0 Å². The quantitative estimate of drug-likeness (QED) is 0.154. The fourth-order valence-corrected chi connectivity index (χ4v) is 7.66. The van der Waals surface area contributed by atoms with Crippen LogP contribution in [0.3, 0.4) is 0 Å². The highest BCUT2D eigenvalue weighted by Gasteiger charge is 2.21. The molecule has 11 aromatic rings. The van der Waals surface area contributed by atoms with Crippen molar-refractivity contribution in [3.05, 3.63) is 230 Å². The molecule has 0 amide bonds. The largest absolute Gasteiger partial charge is 0.309 e. The van der Waals surface area contributed by atoms with Crippen LogP contribution in [0, 0.1) is 0 Å². The summed E-state index contributed by atoms with van der Waals surface area (Å²) in [7, 11) is 0. The third kappa shape index (κ3) is 6.86. The average molecular weight is 791 g/mol. The monoisotopic (exact) mass is 790 g/mol. The lowest BCUT2D eigenvalue weighted by molar-refractivity contribution is 1.06. The van der Waals surface area contributed by atoms with E-state index < -0.39 is 83.6 Å². The molecular weight excluding hydrogens is 741 g/mol. The Hall–Kier alpha value is -8.21. The highest BCUT2D eigenvalue weighted by molar-refractivity contribution is 6.11. The second kappa shape index (κ2) is 15.5. The van der Waals surface area contributed by atoms with E-state index >= 15 is 0 Å². The van der Waals surface area contributed by atoms with Gasteiger partial charge in [-0.25, -0.2) is 15.0 Å². The third-order valence-electron chi connectivity index (χ3n) is 10.6. The predicted octanol–water partition coefficient (Wildman–Crippen LogP) is 14.6. The Morgan fingerprint density at radius 2 is 0.820 bits per heavy atom. The van der Waals surface area contributed by atoms with Crippen LogP contribution in [0.2, 0.25) is 0 Å². The van der Waals surface area contributed by atoms with Crippen molar-refractivity contribution >= 4 is 21.8 Å². The zero-order valence-corrected chi connectivity index (χ0v) is 32.3. The lowest BCUT2D eigenvalue weighted by Gasteiger charge is -2.17. The maximum Gasteiger partial charge on any atom is 0.166 e. The van der Waals surface area contributed by atoms with E-state index in [0.717, 1.165) is 27.8 Å². The molecular formula is C57H38N4. The molecule has 0 aliphatic heterocycles. The fraction of sp³-hybridized carbons (Fsp3) is 0. The van der Waals surface area contributed by atoms with Crippen LogP contribution in [0.15, 0.2) is 230 Å². The zero-order valence-electron chi connectivity index (χ0n) is 44.3. The van der Waals surface area contributed by atoms with E-state index in [1.807, 2.05) is 133 Å². The summed E-state index contributed by atoms with van der Waals surface area (Å²) in [4.78, 5) is 15.2. The van der Waals surface area contributed by atoms with Gasteiger partial charge >= 0.3 is 0 Å². The first-order valence-electron chi connectivity index (χ1n) is 25.6. The molecule has 61 heavy (non-hydrogen) atoms. The number of nitrogens with zero attached hydrogens (tertiary/aromatic N) is 4. The maximum absolute atomic E-state index is 9.81. The minimum atomic E-state index is -0.706. The van der Waals surface area contributed by atoms with Crippen LogP contribution in [0.1, 0.15) is 16.4 Å². The summed E-state index contributed by atoms with van der Waals surface area (Å²) in [5.41, 5.74) is 6.07. The van der Waals surface area contributed by atoms with E-state index in [2.05, 4.69) is 18.2 Å². The number of benzene rings is 9. The summed E-state index contributed by atoms with van der Waals surface area (Å²) in [6.07, 6.45) is 0. The lowest BCUT2D eigenvalue weighted by Crippen LogP contribution is -2.04. The number of aromatic nitrogens is 4. The lowest BCUT2D eigenvalue weighted by atomic mass is 9.92. The SMILES string of the molecule is [2H]c1c([2H])c([2H])c(-c2c([2H])c([2H])c3c(c2[2H])c2c([2H])c([2H])c([2H])c([2H])c2n3-c2ccc(-c3cc(-c4ccccc4)cc(-c4ccccc4)c3)cc2-c2nc(-c3ccccc3)nc(-c3ccccc3)n2)c([2H])c1[2H]. The van der Waals surface area contributed by atoms with E-state index in [0.29, 0.717) is 33.9 Å². The molecule has 0 aliphatic rings. The molecule has 0 radical (unpaired) electrons. The minimum Gasteiger partial charge on any atom is -0.309 e. The van der Waals surface area contributed by atoms with Crippen LogP contribution in [-0.2, 0) is 0 Å². The molecule has 2 aromatic heterocycles. The van der Waals surface area contributed by atoms with Crippen molar-refractivity contribution in [2.45, 2.75) is 0 Å². The van der Waals surface area contributed by atoms with Crippen LogP contribution < -0.4 is 0 Å². The molecule has 9 aromatic carbocycles. The van der Waals surface area contributed by atoms with Crippen molar-refractivity contribution in [1.29, 1.82) is 0 Å². The van der Waals surface area contributed by atoms with Crippen LogP contribution in [0.4, 0.5) is 0 Å². The van der Waals surface area contributed by atoms with Crippen molar-refractivity contribution in [2.75, 3.05) is 0 Å². The van der Waals surface area contributed by atoms with E-state index in [1.165, 1.54) is 4.57 Å². The predicted molar refractivity (Wildman–Crippen MR) is 252 cm³/mol. The zero-order chi connectivity index (χ0) is 51.0. The Morgan fingerprint density at radius 1 is 0.328 bits per heavy atom. The number of hydrogen-bond acceptors (Lipinski definition) is 3. The van der Waals surface area contributed by atoms with Crippen molar-refractivity contribution < 1.29 is 16.4 Å². The number of fused-ring (bicyclic) bond motifs is 3. The minimum absolute atomic E-state index is 0.132. The number of para-hydroxylation sites is 1. The number of hydrogen-bond donors (Lipinski definition) is 0. The highest BCUT2D eigenvalue weighted by Crippen LogP contribution is 2.41. The molecule has 4 heteroatoms. The van der Waals surface area contributed by atoms with Gasteiger partial charge in [0.15, 0.2) is 17.5 Å². The molecule has 11 rings (SSSR count). The van der Waals surface area contributed by atoms with Gasteiger partial charge in [0.25, 0.3) is 0 Å². The molecule has 0 unspecified atom stereocenters. The van der Waals surface area contributed by atoms with E-state index in [4.69, 9.17) is 24.5 Å². The molecule has 0 bridgehead atoms. The van der Waals surface area contributed by atoms with E-state index in [1.54, 1.807) is 6.07 Å². The summed E-state index contributed by atoms with van der Waals surface area (Å²) < 4.78 is 110.